The van der Waals surface area contributed by atoms with Crippen molar-refractivity contribution >= 4 is 29.1 Å². The molecule has 0 saturated heterocycles. The molecule has 1 N–H and O–H groups in total. The molecule has 0 fully saturated rings. The van der Waals surface area contributed by atoms with Gasteiger partial charge in [-0.2, -0.15) is 11.8 Å². The Labute approximate surface area is 104 Å². The average molecular weight is 259 g/mol. The monoisotopic (exact) mass is 259 g/mol. The predicted octanol–water partition coefficient (Wildman–Crippen LogP) is 3.05. The summed E-state index contributed by atoms with van der Waals surface area (Å²) < 4.78 is 0. The summed E-state index contributed by atoms with van der Waals surface area (Å²) in [6.45, 7) is 4.40. The van der Waals surface area contributed by atoms with Gasteiger partial charge in [0, 0.05) is 17.6 Å². The van der Waals surface area contributed by atoms with E-state index in [-0.39, 0.29) is 6.42 Å². The van der Waals surface area contributed by atoms with Crippen LogP contribution >= 0.6 is 23.1 Å². The molecule has 0 aliphatic rings. The Morgan fingerprint density at radius 2 is 2.38 bits per heavy atom. The average Bonchev–Trinajstić information content (AvgIpc) is 2.62. The van der Waals surface area contributed by atoms with Gasteiger partial charge in [0.2, 0.25) is 0 Å². The van der Waals surface area contributed by atoms with E-state index >= 15 is 0 Å². The summed E-state index contributed by atoms with van der Waals surface area (Å²) in [7, 11) is 0. The molecule has 0 amide bonds. The first-order chi connectivity index (χ1) is 7.58. The number of aromatic nitrogens is 1. The van der Waals surface area contributed by atoms with Crippen molar-refractivity contribution in [3.8, 4) is 0 Å². The smallest absolute Gasteiger partial charge is 0.303 e. The highest BCUT2D eigenvalue weighted by Crippen LogP contribution is 2.19. The predicted molar refractivity (Wildman–Crippen MR) is 69.1 cm³/mol. The van der Waals surface area contributed by atoms with Gasteiger partial charge in [0.05, 0.1) is 12.1 Å². The number of aryl methyl sites for hydroxylation is 1. The molecule has 0 atom stereocenters. The fourth-order valence-electron chi connectivity index (χ4n) is 1.15. The van der Waals surface area contributed by atoms with Crippen molar-refractivity contribution in [2.75, 3.05) is 5.75 Å². The maximum Gasteiger partial charge on any atom is 0.303 e. The standard InChI is InChI=1S/C11H17NO2S2/c1-8(2)5-15-7-10-12-9(6-16-10)3-4-11(13)14/h6,8H,3-5,7H2,1-2H3,(H,13,14). The fraction of sp³-hybridized carbons (Fsp3) is 0.636. The molecule has 0 unspecified atom stereocenters. The minimum Gasteiger partial charge on any atom is -0.481 e. The number of carboxylic acids is 1. The Balaban J connectivity index is 2.30. The van der Waals surface area contributed by atoms with Crippen LogP contribution in [0.1, 0.15) is 31.0 Å². The fourth-order valence-corrected chi connectivity index (χ4v) is 3.11. The third-order valence-corrected chi connectivity index (χ3v) is 4.33. The summed E-state index contributed by atoms with van der Waals surface area (Å²) in [6.07, 6.45) is 0.711. The third kappa shape index (κ3) is 5.51. The van der Waals surface area contributed by atoms with Gasteiger partial charge >= 0.3 is 5.97 Å². The van der Waals surface area contributed by atoms with Crippen LogP contribution in [-0.4, -0.2) is 21.8 Å². The summed E-state index contributed by atoms with van der Waals surface area (Å²) in [6, 6.07) is 0. The van der Waals surface area contributed by atoms with E-state index in [1.807, 2.05) is 17.1 Å². The van der Waals surface area contributed by atoms with Crippen LogP contribution in [0.4, 0.5) is 0 Å². The van der Waals surface area contributed by atoms with Crippen LogP contribution in [0.5, 0.6) is 0 Å². The Morgan fingerprint density at radius 1 is 1.62 bits per heavy atom. The molecule has 16 heavy (non-hydrogen) atoms. The Morgan fingerprint density at radius 3 is 3.00 bits per heavy atom. The summed E-state index contributed by atoms with van der Waals surface area (Å²) >= 11 is 3.51. The first kappa shape index (κ1) is 13.5. The van der Waals surface area contributed by atoms with Crippen LogP contribution in [0.15, 0.2) is 5.38 Å². The molecule has 3 nitrogen and oxygen atoms in total. The van der Waals surface area contributed by atoms with Crippen molar-refractivity contribution in [1.29, 1.82) is 0 Å². The zero-order valence-electron chi connectivity index (χ0n) is 9.60. The van der Waals surface area contributed by atoms with E-state index in [4.69, 9.17) is 5.11 Å². The van der Waals surface area contributed by atoms with Gasteiger partial charge in [-0.1, -0.05) is 13.8 Å². The van der Waals surface area contributed by atoms with Crippen LogP contribution < -0.4 is 0 Å². The van der Waals surface area contributed by atoms with E-state index in [1.54, 1.807) is 11.3 Å². The lowest BCUT2D eigenvalue weighted by Crippen LogP contribution is -1.97. The van der Waals surface area contributed by atoms with E-state index < -0.39 is 5.97 Å². The van der Waals surface area contributed by atoms with Crippen molar-refractivity contribution in [3.63, 3.8) is 0 Å². The first-order valence-electron chi connectivity index (χ1n) is 5.30. The van der Waals surface area contributed by atoms with Crippen molar-refractivity contribution in [2.45, 2.75) is 32.4 Å². The van der Waals surface area contributed by atoms with Crippen LogP contribution in [0.2, 0.25) is 0 Å². The van der Waals surface area contributed by atoms with Gasteiger partial charge in [-0.3, -0.25) is 4.79 Å². The summed E-state index contributed by atoms with van der Waals surface area (Å²) in [4.78, 5) is 14.8. The minimum atomic E-state index is -0.760. The molecule has 0 bridgehead atoms. The second-order valence-corrected chi connectivity index (χ2v) is 6.01. The summed E-state index contributed by atoms with van der Waals surface area (Å²) in [5, 5.41) is 11.6. The van der Waals surface area contributed by atoms with Crippen molar-refractivity contribution in [2.24, 2.45) is 5.92 Å². The normalized spacial score (nSPS) is 10.9. The van der Waals surface area contributed by atoms with Gasteiger partial charge in [-0.05, 0) is 11.7 Å². The number of carbonyl (C=O) groups is 1. The Bertz CT molecular complexity index is 336. The lowest BCUT2D eigenvalue weighted by atomic mass is 10.2. The summed E-state index contributed by atoms with van der Waals surface area (Å²) in [5.41, 5.74) is 0.910. The molecular formula is C11H17NO2S2. The maximum atomic E-state index is 10.4. The molecule has 1 aromatic heterocycles. The second kappa shape index (κ2) is 6.91. The van der Waals surface area contributed by atoms with Crippen molar-refractivity contribution in [1.82, 2.24) is 4.98 Å². The van der Waals surface area contributed by atoms with E-state index in [9.17, 15) is 4.79 Å². The molecule has 0 aromatic carbocycles. The number of aliphatic carboxylic acids is 1. The molecule has 1 heterocycles. The molecular weight excluding hydrogens is 242 g/mol. The van der Waals surface area contributed by atoms with Gasteiger partial charge < -0.3 is 5.11 Å². The highest BCUT2D eigenvalue weighted by Gasteiger charge is 2.05. The molecule has 0 aliphatic carbocycles. The SMILES string of the molecule is CC(C)CSCc1nc(CCC(=O)O)cs1. The van der Waals surface area contributed by atoms with Gasteiger partial charge in [0.15, 0.2) is 0 Å². The molecule has 1 aromatic rings. The van der Waals surface area contributed by atoms with Gasteiger partial charge in [-0.25, -0.2) is 4.98 Å². The van der Waals surface area contributed by atoms with Crippen LogP contribution in [0, 0.1) is 5.92 Å². The van der Waals surface area contributed by atoms with Gasteiger partial charge in [-0.15, -0.1) is 11.3 Å². The Kier molecular flexibility index (Phi) is 5.84. The molecule has 1 rings (SSSR count). The second-order valence-electron chi connectivity index (χ2n) is 4.04. The topological polar surface area (TPSA) is 50.2 Å². The van der Waals surface area contributed by atoms with Crippen molar-refractivity contribution in [3.05, 3.63) is 16.1 Å². The number of thioether (sulfide) groups is 1. The van der Waals surface area contributed by atoms with Crippen LogP contribution in [0.3, 0.4) is 0 Å². The zero-order chi connectivity index (χ0) is 12.0. The lowest BCUT2D eigenvalue weighted by Gasteiger charge is -2.01. The first-order valence-corrected chi connectivity index (χ1v) is 7.34. The lowest BCUT2D eigenvalue weighted by molar-refractivity contribution is -0.136. The van der Waals surface area contributed by atoms with E-state index in [0.717, 1.165) is 22.2 Å². The summed E-state index contributed by atoms with van der Waals surface area (Å²) in [5.74, 6) is 2.03. The maximum absolute atomic E-state index is 10.4. The highest BCUT2D eigenvalue weighted by atomic mass is 32.2. The van der Waals surface area contributed by atoms with Gasteiger partial charge in [0.25, 0.3) is 0 Å². The highest BCUT2D eigenvalue weighted by molar-refractivity contribution is 7.98. The molecule has 0 aliphatic heterocycles. The molecule has 0 radical (unpaired) electrons. The molecule has 5 heteroatoms. The van der Waals surface area contributed by atoms with Crippen LogP contribution in [-0.2, 0) is 17.0 Å². The quantitative estimate of drug-likeness (QED) is 0.817. The van der Waals surface area contributed by atoms with E-state index in [2.05, 4.69) is 18.8 Å². The van der Waals surface area contributed by atoms with Crippen LogP contribution in [0.25, 0.3) is 0 Å². The zero-order valence-corrected chi connectivity index (χ0v) is 11.2. The van der Waals surface area contributed by atoms with E-state index in [1.165, 1.54) is 0 Å². The number of hydrogen-bond acceptors (Lipinski definition) is 4. The van der Waals surface area contributed by atoms with Gasteiger partial charge in [0.1, 0.15) is 5.01 Å². The Hall–Kier alpha value is -0.550. The third-order valence-electron chi connectivity index (χ3n) is 1.87. The largest absolute Gasteiger partial charge is 0.481 e. The number of carboxylic acid groups (broad SMARTS) is 1. The van der Waals surface area contributed by atoms with E-state index in [0.29, 0.717) is 12.3 Å². The molecule has 90 valence electrons. The molecule has 0 spiro atoms. The molecule has 0 saturated carbocycles. The van der Waals surface area contributed by atoms with Crippen molar-refractivity contribution < 1.29 is 9.90 Å². The number of nitrogens with zero attached hydrogens (tertiary/aromatic N) is 1. The minimum absolute atomic E-state index is 0.169. The number of rotatable bonds is 7. The number of thiazole rings is 1. The number of hydrogen-bond donors (Lipinski definition) is 1.